The molecule has 7 heteroatoms. The average molecular weight is 444 g/mol. The zero-order chi connectivity index (χ0) is 23.1. The lowest BCUT2D eigenvalue weighted by atomic mass is 9.73. The van der Waals surface area contributed by atoms with Gasteiger partial charge in [0, 0.05) is 17.5 Å². The first-order valence-electron chi connectivity index (χ1n) is 10.8. The number of nitrogens with zero attached hydrogens (tertiary/aromatic N) is 2. The van der Waals surface area contributed by atoms with Crippen LogP contribution in [0.4, 0.5) is 0 Å². The number of phenols is 1. The highest BCUT2D eigenvalue weighted by Gasteiger charge is 2.36. The van der Waals surface area contributed by atoms with Crippen molar-refractivity contribution in [2.45, 2.75) is 31.6 Å². The molecule has 0 saturated heterocycles. The van der Waals surface area contributed by atoms with Gasteiger partial charge in [0.2, 0.25) is 5.88 Å². The Morgan fingerprint density at radius 1 is 1.00 bits per heavy atom. The molecule has 0 amide bonds. The smallest absolute Gasteiger partial charge is 0.219 e. The van der Waals surface area contributed by atoms with Crippen LogP contribution in [0.3, 0.4) is 0 Å². The lowest BCUT2D eigenvalue weighted by molar-refractivity contribution is 0.363. The molecule has 4 aromatic rings. The first-order chi connectivity index (χ1) is 16.0. The van der Waals surface area contributed by atoms with Crippen LogP contribution in [-0.4, -0.2) is 29.3 Å². The van der Waals surface area contributed by atoms with E-state index in [0.717, 1.165) is 22.6 Å². The van der Waals surface area contributed by atoms with Crippen LogP contribution in [0, 0.1) is 6.92 Å². The van der Waals surface area contributed by atoms with Gasteiger partial charge in [-0.25, -0.2) is 4.98 Å². The molecule has 5 rings (SSSR count). The van der Waals surface area contributed by atoms with E-state index in [0.29, 0.717) is 35.9 Å². The number of benzene rings is 2. The molecule has 0 bridgehead atoms. The fourth-order valence-corrected chi connectivity index (χ4v) is 4.77. The van der Waals surface area contributed by atoms with Gasteiger partial charge < -0.3 is 19.0 Å². The van der Waals surface area contributed by atoms with Gasteiger partial charge in [0.25, 0.3) is 0 Å². The third kappa shape index (κ3) is 3.69. The van der Waals surface area contributed by atoms with Crippen LogP contribution in [0.1, 0.15) is 40.2 Å². The maximum Gasteiger partial charge on any atom is 0.219 e. The predicted octanol–water partition coefficient (Wildman–Crippen LogP) is 4.28. The molecule has 2 aromatic heterocycles. The van der Waals surface area contributed by atoms with E-state index in [9.17, 15) is 9.90 Å². The summed E-state index contributed by atoms with van der Waals surface area (Å²) >= 11 is 0. The molecule has 1 aliphatic carbocycles. The second-order valence-corrected chi connectivity index (χ2v) is 8.26. The third-order valence-electron chi connectivity index (χ3n) is 6.34. The molecule has 0 aliphatic heterocycles. The van der Waals surface area contributed by atoms with Gasteiger partial charge in [-0.15, -0.1) is 0 Å². The Labute approximate surface area is 190 Å². The van der Waals surface area contributed by atoms with Crippen molar-refractivity contribution >= 4 is 11.0 Å². The average Bonchev–Trinajstić information content (AvgIpc) is 2.82. The normalized spacial score (nSPS) is 17.5. The number of aromatic hydroxyl groups is 1. The molecule has 0 fully saturated rings. The molecule has 2 atom stereocenters. The molecule has 0 spiro atoms. The van der Waals surface area contributed by atoms with Crippen LogP contribution >= 0.6 is 0 Å². The largest absolute Gasteiger partial charge is 0.507 e. The van der Waals surface area contributed by atoms with E-state index < -0.39 is 0 Å². The fraction of sp³-hybridized carbons (Fsp3) is 0.269. The number of phenolic OH excluding ortho intramolecular Hbond substituents is 1. The highest BCUT2D eigenvalue weighted by atomic mass is 16.5. The van der Waals surface area contributed by atoms with Gasteiger partial charge >= 0.3 is 0 Å². The van der Waals surface area contributed by atoms with Gasteiger partial charge in [-0.3, -0.25) is 4.79 Å². The lowest BCUT2D eigenvalue weighted by Crippen LogP contribution is -2.25. The van der Waals surface area contributed by atoms with E-state index >= 15 is 0 Å². The topological polar surface area (TPSA) is 94.7 Å². The van der Waals surface area contributed by atoms with E-state index in [1.807, 2.05) is 31.2 Å². The van der Waals surface area contributed by atoms with Gasteiger partial charge in [0.05, 0.1) is 19.9 Å². The summed E-state index contributed by atoms with van der Waals surface area (Å²) in [6.45, 7) is 1.85. The summed E-state index contributed by atoms with van der Waals surface area (Å²) in [5.74, 6) is 2.33. The molecule has 168 valence electrons. The quantitative estimate of drug-likeness (QED) is 0.502. The van der Waals surface area contributed by atoms with Crippen molar-refractivity contribution in [1.82, 2.24) is 9.97 Å². The van der Waals surface area contributed by atoms with Gasteiger partial charge in [0.1, 0.15) is 34.1 Å². The van der Waals surface area contributed by atoms with Crippen molar-refractivity contribution in [2.75, 3.05) is 14.2 Å². The van der Waals surface area contributed by atoms with E-state index in [-0.39, 0.29) is 28.4 Å². The van der Waals surface area contributed by atoms with Gasteiger partial charge in [-0.1, -0.05) is 18.2 Å². The van der Waals surface area contributed by atoms with Crippen molar-refractivity contribution < 1.29 is 19.0 Å². The number of hydrogen-bond donors (Lipinski definition) is 1. The highest BCUT2D eigenvalue weighted by Crippen LogP contribution is 2.45. The van der Waals surface area contributed by atoms with Crippen molar-refractivity contribution in [3.05, 3.63) is 87.2 Å². The molecular formula is C26H24N2O5. The Kier molecular flexibility index (Phi) is 5.24. The maximum absolute atomic E-state index is 12.9. The van der Waals surface area contributed by atoms with Crippen molar-refractivity contribution in [3.63, 3.8) is 0 Å². The van der Waals surface area contributed by atoms with Crippen molar-refractivity contribution in [1.29, 1.82) is 0 Å². The lowest BCUT2D eigenvalue weighted by Gasteiger charge is -2.33. The Bertz CT molecular complexity index is 1390. The van der Waals surface area contributed by atoms with Crippen LogP contribution in [-0.2, 0) is 12.8 Å². The maximum atomic E-state index is 12.9. The Balaban J connectivity index is 1.68. The van der Waals surface area contributed by atoms with Crippen LogP contribution in [0.15, 0.2) is 57.7 Å². The van der Waals surface area contributed by atoms with Crippen LogP contribution in [0.2, 0.25) is 0 Å². The third-order valence-corrected chi connectivity index (χ3v) is 6.34. The molecule has 2 aromatic carbocycles. The summed E-state index contributed by atoms with van der Waals surface area (Å²) in [4.78, 5) is 22.1. The molecule has 33 heavy (non-hydrogen) atoms. The number of methoxy groups -OCH3 is 2. The molecule has 1 N–H and O–H groups in total. The molecule has 2 unspecified atom stereocenters. The number of hydrogen-bond acceptors (Lipinski definition) is 7. The Morgan fingerprint density at radius 3 is 2.52 bits per heavy atom. The minimum Gasteiger partial charge on any atom is -0.507 e. The monoisotopic (exact) mass is 444 g/mol. The van der Waals surface area contributed by atoms with Gasteiger partial charge in [-0.2, -0.15) is 4.98 Å². The van der Waals surface area contributed by atoms with Crippen LogP contribution in [0.5, 0.6) is 17.4 Å². The number of aryl methyl sites for hydroxylation is 1. The molecule has 0 saturated carbocycles. The summed E-state index contributed by atoms with van der Waals surface area (Å²) < 4.78 is 17.1. The van der Waals surface area contributed by atoms with Crippen LogP contribution < -0.4 is 14.9 Å². The number of ether oxygens (including phenoxy) is 2. The zero-order valence-corrected chi connectivity index (χ0v) is 18.7. The summed E-state index contributed by atoms with van der Waals surface area (Å²) in [5, 5.41) is 10.3. The summed E-state index contributed by atoms with van der Waals surface area (Å²) in [6.07, 6.45) is 1.20. The summed E-state index contributed by atoms with van der Waals surface area (Å²) in [7, 11) is 3.24. The molecular weight excluding hydrogens is 420 g/mol. The molecule has 1 aliphatic rings. The predicted molar refractivity (Wildman–Crippen MR) is 123 cm³/mol. The summed E-state index contributed by atoms with van der Waals surface area (Å²) in [5.41, 5.74) is 3.06. The standard InChI is InChI=1S/C26H24N2O5/c1-14-27-20-12-17(15-7-9-16(31-2)10-8-15)18(11-19(20)26(28-14)32-3)24-13-22(30)25-21(29)5-4-6-23(25)33-24/h4-10,13,17-18,29H,11-12H2,1-3H3. The molecule has 0 radical (unpaired) electrons. The molecule has 2 heterocycles. The molecule has 7 nitrogen and oxygen atoms in total. The Morgan fingerprint density at radius 2 is 1.79 bits per heavy atom. The minimum absolute atomic E-state index is 0.0142. The minimum atomic E-state index is -0.268. The second-order valence-electron chi connectivity index (χ2n) is 8.26. The van der Waals surface area contributed by atoms with Crippen LogP contribution in [0.25, 0.3) is 11.0 Å². The Hall–Kier alpha value is -3.87. The second kappa shape index (κ2) is 8.24. The first-order valence-corrected chi connectivity index (χ1v) is 10.8. The summed E-state index contributed by atoms with van der Waals surface area (Å²) in [6, 6.07) is 14.3. The van der Waals surface area contributed by atoms with E-state index in [2.05, 4.69) is 4.98 Å². The zero-order valence-electron chi connectivity index (χ0n) is 18.7. The van der Waals surface area contributed by atoms with Crippen molar-refractivity contribution in [3.8, 4) is 17.4 Å². The number of fused-ring (bicyclic) bond motifs is 2. The van der Waals surface area contributed by atoms with Gasteiger partial charge in [-0.05, 0) is 55.5 Å². The van der Waals surface area contributed by atoms with E-state index in [4.69, 9.17) is 18.9 Å². The number of rotatable bonds is 4. The van der Waals surface area contributed by atoms with Gasteiger partial charge in [0.15, 0.2) is 5.43 Å². The van der Waals surface area contributed by atoms with E-state index in [1.54, 1.807) is 26.4 Å². The van der Waals surface area contributed by atoms with E-state index in [1.165, 1.54) is 12.1 Å². The number of aromatic nitrogens is 2. The highest BCUT2D eigenvalue weighted by molar-refractivity contribution is 5.82. The first kappa shape index (κ1) is 21.0. The SMILES string of the molecule is COc1ccc(C2Cc3nc(C)nc(OC)c3CC2c2cc(=O)c3c(O)cccc3o2)cc1. The van der Waals surface area contributed by atoms with Crippen molar-refractivity contribution in [2.24, 2.45) is 0 Å². The fourth-order valence-electron chi connectivity index (χ4n) is 4.77.